The predicted molar refractivity (Wildman–Crippen MR) is 106 cm³/mol. The SMILES string of the molecule is Nc1nnc(CC(=O)NN=Cc2ccccc2OCc2ccc(Cl)cc2)s1. The Labute approximate surface area is 164 Å². The summed E-state index contributed by atoms with van der Waals surface area (Å²) in [5, 5.41) is 13.0. The monoisotopic (exact) mass is 401 g/mol. The maximum atomic E-state index is 11.9. The van der Waals surface area contributed by atoms with E-state index in [1.807, 2.05) is 48.5 Å². The molecule has 0 bridgehead atoms. The van der Waals surface area contributed by atoms with Crippen molar-refractivity contribution in [3.05, 3.63) is 69.7 Å². The first-order valence-corrected chi connectivity index (χ1v) is 9.15. The van der Waals surface area contributed by atoms with Crippen molar-refractivity contribution in [2.24, 2.45) is 5.10 Å². The summed E-state index contributed by atoms with van der Waals surface area (Å²) in [5.41, 5.74) is 9.68. The Morgan fingerprint density at radius 1 is 1.22 bits per heavy atom. The summed E-state index contributed by atoms with van der Waals surface area (Å²) in [6, 6.07) is 14.8. The lowest BCUT2D eigenvalue weighted by atomic mass is 10.2. The van der Waals surface area contributed by atoms with E-state index in [1.54, 1.807) is 0 Å². The number of ether oxygens (including phenoxy) is 1. The van der Waals surface area contributed by atoms with Gasteiger partial charge in [-0.25, -0.2) is 5.43 Å². The molecule has 7 nitrogen and oxygen atoms in total. The summed E-state index contributed by atoms with van der Waals surface area (Å²) < 4.78 is 5.84. The van der Waals surface area contributed by atoms with Crippen LogP contribution in [0.2, 0.25) is 5.02 Å². The largest absolute Gasteiger partial charge is 0.488 e. The Balaban J connectivity index is 1.57. The standard InChI is InChI=1S/C18H16ClN5O2S/c19-14-7-5-12(6-8-14)11-26-15-4-2-1-3-13(15)10-21-22-16(25)9-17-23-24-18(20)27-17/h1-8,10H,9,11H2,(H2,20,24)(H,22,25). The molecule has 0 aliphatic rings. The van der Waals surface area contributed by atoms with E-state index in [2.05, 4.69) is 20.7 Å². The number of hydrazone groups is 1. The minimum atomic E-state index is -0.304. The maximum Gasteiger partial charge on any atom is 0.247 e. The molecule has 0 saturated carbocycles. The highest BCUT2D eigenvalue weighted by atomic mass is 35.5. The summed E-state index contributed by atoms with van der Waals surface area (Å²) in [7, 11) is 0. The fourth-order valence-corrected chi connectivity index (χ4v) is 2.88. The van der Waals surface area contributed by atoms with Gasteiger partial charge in [0, 0.05) is 10.6 Å². The third kappa shape index (κ3) is 5.77. The van der Waals surface area contributed by atoms with E-state index in [0.717, 1.165) is 11.1 Å². The van der Waals surface area contributed by atoms with Crippen LogP contribution in [0.4, 0.5) is 5.13 Å². The van der Waals surface area contributed by atoms with Crippen molar-refractivity contribution in [1.82, 2.24) is 15.6 Å². The van der Waals surface area contributed by atoms with E-state index < -0.39 is 0 Å². The lowest BCUT2D eigenvalue weighted by molar-refractivity contribution is -0.120. The molecule has 138 valence electrons. The first-order valence-electron chi connectivity index (χ1n) is 7.96. The Kier molecular flexibility index (Phi) is 6.35. The molecular formula is C18H16ClN5O2S. The number of nitrogens with one attached hydrogen (secondary N) is 1. The summed E-state index contributed by atoms with van der Waals surface area (Å²) in [5.74, 6) is 0.351. The van der Waals surface area contributed by atoms with E-state index in [9.17, 15) is 4.79 Å². The molecule has 1 heterocycles. The maximum absolute atomic E-state index is 11.9. The molecule has 3 rings (SSSR count). The first-order chi connectivity index (χ1) is 13.1. The Bertz CT molecular complexity index is 943. The molecule has 2 aromatic carbocycles. The van der Waals surface area contributed by atoms with Gasteiger partial charge in [0.1, 0.15) is 17.4 Å². The predicted octanol–water partition coefficient (Wildman–Crippen LogP) is 3.05. The van der Waals surface area contributed by atoms with E-state index >= 15 is 0 Å². The zero-order chi connectivity index (χ0) is 19.1. The van der Waals surface area contributed by atoms with Gasteiger partial charge in [0.05, 0.1) is 12.6 Å². The van der Waals surface area contributed by atoms with Crippen LogP contribution >= 0.6 is 22.9 Å². The molecule has 0 atom stereocenters. The molecule has 1 aromatic heterocycles. The Morgan fingerprint density at radius 2 is 2.00 bits per heavy atom. The van der Waals surface area contributed by atoms with Crippen LogP contribution in [0.25, 0.3) is 0 Å². The molecule has 3 aromatic rings. The molecule has 0 unspecified atom stereocenters. The van der Waals surface area contributed by atoms with Gasteiger partial charge in [0.15, 0.2) is 0 Å². The zero-order valence-corrected chi connectivity index (χ0v) is 15.7. The number of hydrogen-bond donors (Lipinski definition) is 2. The van der Waals surface area contributed by atoms with Gasteiger partial charge in [0.25, 0.3) is 0 Å². The van der Waals surface area contributed by atoms with Crippen LogP contribution in [0.15, 0.2) is 53.6 Å². The normalized spacial score (nSPS) is 10.9. The average Bonchev–Trinajstić information content (AvgIpc) is 3.07. The van der Waals surface area contributed by atoms with Crippen LogP contribution < -0.4 is 15.9 Å². The van der Waals surface area contributed by atoms with Gasteiger partial charge in [0.2, 0.25) is 11.0 Å². The van der Waals surface area contributed by atoms with E-state index in [-0.39, 0.29) is 12.3 Å². The molecule has 9 heteroatoms. The molecule has 0 fully saturated rings. The lowest BCUT2D eigenvalue weighted by Crippen LogP contribution is -2.19. The van der Waals surface area contributed by atoms with Crippen molar-refractivity contribution < 1.29 is 9.53 Å². The molecular weight excluding hydrogens is 386 g/mol. The number of nitrogens with zero attached hydrogens (tertiary/aromatic N) is 3. The highest BCUT2D eigenvalue weighted by molar-refractivity contribution is 7.15. The van der Waals surface area contributed by atoms with Crippen LogP contribution in [0, 0.1) is 0 Å². The number of hydrogen-bond acceptors (Lipinski definition) is 7. The van der Waals surface area contributed by atoms with E-state index in [1.165, 1.54) is 17.6 Å². The molecule has 3 N–H and O–H groups in total. The third-order valence-corrected chi connectivity index (χ3v) is 4.42. The number of carbonyl (C=O) groups excluding carboxylic acids is 1. The van der Waals surface area contributed by atoms with Gasteiger partial charge in [-0.3, -0.25) is 4.79 Å². The van der Waals surface area contributed by atoms with Gasteiger partial charge in [-0.15, -0.1) is 10.2 Å². The van der Waals surface area contributed by atoms with Crippen molar-refractivity contribution in [2.75, 3.05) is 5.73 Å². The number of carbonyl (C=O) groups is 1. The van der Waals surface area contributed by atoms with Crippen LogP contribution in [0.3, 0.4) is 0 Å². The van der Waals surface area contributed by atoms with Crippen molar-refractivity contribution in [1.29, 1.82) is 0 Å². The number of amides is 1. The number of nitrogens with two attached hydrogens (primary N) is 1. The van der Waals surface area contributed by atoms with Gasteiger partial charge in [-0.2, -0.15) is 5.10 Å². The fourth-order valence-electron chi connectivity index (χ4n) is 2.15. The Morgan fingerprint density at radius 3 is 2.74 bits per heavy atom. The van der Waals surface area contributed by atoms with Gasteiger partial charge in [-0.1, -0.05) is 47.2 Å². The number of rotatable bonds is 7. The average molecular weight is 402 g/mol. The van der Waals surface area contributed by atoms with Crippen molar-refractivity contribution in [2.45, 2.75) is 13.0 Å². The molecule has 0 radical (unpaired) electrons. The first kappa shape index (κ1) is 18.8. The minimum Gasteiger partial charge on any atom is -0.488 e. The number of aromatic nitrogens is 2. The van der Waals surface area contributed by atoms with Crippen LogP contribution in [-0.4, -0.2) is 22.3 Å². The molecule has 27 heavy (non-hydrogen) atoms. The molecule has 0 aliphatic carbocycles. The fraction of sp³-hybridized carbons (Fsp3) is 0.111. The number of halogens is 1. The Hall–Kier alpha value is -2.97. The van der Waals surface area contributed by atoms with Gasteiger partial charge < -0.3 is 10.5 Å². The quantitative estimate of drug-likeness (QED) is 0.468. The van der Waals surface area contributed by atoms with Gasteiger partial charge >= 0.3 is 0 Å². The van der Waals surface area contributed by atoms with Crippen LogP contribution in [-0.2, 0) is 17.8 Å². The summed E-state index contributed by atoms with van der Waals surface area (Å²) in [6.45, 7) is 0.396. The van der Waals surface area contributed by atoms with Crippen molar-refractivity contribution in [3.63, 3.8) is 0 Å². The molecule has 0 spiro atoms. The molecule has 0 saturated heterocycles. The topological polar surface area (TPSA) is 102 Å². The highest BCUT2D eigenvalue weighted by Gasteiger charge is 2.07. The minimum absolute atomic E-state index is 0.0704. The zero-order valence-electron chi connectivity index (χ0n) is 14.1. The number of anilines is 1. The van der Waals surface area contributed by atoms with E-state index in [0.29, 0.717) is 27.5 Å². The van der Waals surface area contributed by atoms with Crippen molar-refractivity contribution >= 4 is 40.2 Å². The third-order valence-electron chi connectivity index (χ3n) is 3.41. The number of nitrogen functional groups attached to an aromatic ring is 1. The van der Waals surface area contributed by atoms with Crippen molar-refractivity contribution in [3.8, 4) is 5.75 Å². The van der Waals surface area contributed by atoms with Gasteiger partial charge in [-0.05, 0) is 29.8 Å². The molecule has 0 aliphatic heterocycles. The number of para-hydroxylation sites is 1. The lowest BCUT2D eigenvalue weighted by Gasteiger charge is -2.09. The second-order valence-corrected chi connectivity index (χ2v) is 6.99. The summed E-state index contributed by atoms with van der Waals surface area (Å²) in [4.78, 5) is 11.9. The second kappa shape index (κ2) is 9.11. The molecule has 1 amide bonds. The summed E-state index contributed by atoms with van der Waals surface area (Å²) in [6.07, 6.45) is 1.60. The smallest absolute Gasteiger partial charge is 0.247 e. The highest BCUT2D eigenvalue weighted by Crippen LogP contribution is 2.18. The van der Waals surface area contributed by atoms with E-state index in [4.69, 9.17) is 22.1 Å². The second-order valence-electron chi connectivity index (χ2n) is 5.46. The van der Waals surface area contributed by atoms with Crippen LogP contribution in [0.5, 0.6) is 5.75 Å². The van der Waals surface area contributed by atoms with Crippen LogP contribution in [0.1, 0.15) is 16.1 Å². The number of benzene rings is 2. The summed E-state index contributed by atoms with van der Waals surface area (Å²) >= 11 is 7.05.